The molecule has 0 aromatic heterocycles. The smallest absolute Gasteiger partial charge is 0.209 e. The first-order chi connectivity index (χ1) is 8.09. The summed E-state index contributed by atoms with van der Waals surface area (Å²) >= 11 is 18.3. The standard InChI is InChI=1S/C12H14Cl3NO/c13-12(14,15)11(10-4-2-1-3-5-10)16-6-8-17-9-7-16/h1-5,11H,6-9H2. The van der Waals surface area contributed by atoms with Gasteiger partial charge in [-0.05, 0) is 5.56 Å². The minimum Gasteiger partial charge on any atom is -0.379 e. The maximum absolute atomic E-state index is 6.12. The SMILES string of the molecule is ClC(Cl)(Cl)C(c1ccccc1)N1CCOCC1. The molecule has 5 heteroatoms. The molecule has 1 fully saturated rings. The molecule has 1 unspecified atom stereocenters. The number of benzene rings is 1. The van der Waals surface area contributed by atoms with Crippen LogP contribution in [-0.4, -0.2) is 35.0 Å². The molecule has 1 aromatic rings. The molecule has 94 valence electrons. The largest absolute Gasteiger partial charge is 0.379 e. The van der Waals surface area contributed by atoms with Crippen LogP contribution in [0.25, 0.3) is 0 Å². The number of ether oxygens (including phenoxy) is 1. The summed E-state index contributed by atoms with van der Waals surface area (Å²) in [5, 5.41) is 0. The van der Waals surface area contributed by atoms with Crippen molar-refractivity contribution in [3.05, 3.63) is 35.9 Å². The summed E-state index contributed by atoms with van der Waals surface area (Å²) in [7, 11) is 0. The molecule has 0 amide bonds. The molecular weight excluding hydrogens is 280 g/mol. The van der Waals surface area contributed by atoms with Gasteiger partial charge in [0, 0.05) is 13.1 Å². The lowest BCUT2D eigenvalue weighted by Crippen LogP contribution is -2.43. The van der Waals surface area contributed by atoms with Gasteiger partial charge in [0.05, 0.1) is 19.3 Å². The zero-order valence-corrected chi connectivity index (χ0v) is 11.5. The van der Waals surface area contributed by atoms with E-state index in [-0.39, 0.29) is 6.04 Å². The summed E-state index contributed by atoms with van der Waals surface area (Å²) in [6.45, 7) is 2.94. The highest BCUT2D eigenvalue weighted by Crippen LogP contribution is 2.43. The number of hydrogen-bond acceptors (Lipinski definition) is 2. The first kappa shape index (κ1) is 13.4. The Balaban J connectivity index is 2.25. The van der Waals surface area contributed by atoms with Crippen molar-refractivity contribution in [3.63, 3.8) is 0 Å². The monoisotopic (exact) mass is 293 g/mol. The van der Waals surface area contributed by atoms with Gasteiger partial charge in [-0.15, -0.1) is 0 Å². The molecule has 1 aliphatic heterocycles. The lowest BCUT2D eigenvalue weighted by molar-refractivity contribution is 0.0168. The van der Waals surface area contributed by atoms with Crippen LogP contribution in [0.2, 0.25) is 0 Å². The van der Waals surface area contributed by atoms with Crippen LogP contribution in [0.1, 0.15) is 11.6 Å². The van der Waals surface area contributed by atoms with E-state index < -0.39 is 3.79 Å². The van der Waals surface area contributed by atoms with Crippen molar-refractivity contribution in [2.75, 3.05) is 26.3 Å². The summed E-state index contributed by atoms with van der Waals surface area (Å²) in [6, 6.07) is 9.62. The van der Waals surface area contributed by atoms with Gasteiger partial charge < -0.3 is 4.74 Å². The van der Waals surface area contributed by atoms with Crippen molar-refractivity contribution in [2.45, 2.75) is 9.83 Å². The normalized spacial score (nSPS) is 20.2. The van der Waals surface area contributed by atoms with Crippen molar-refractivity contribution >= 4 is 34.8 Å². The molecule has 17 heavy (non-hydrogen) atoms. The summed E-state index contributed by atoms with van der Waals surface area (Å²) in [6.07, 6.45) is 0. The Bertz CT molecular complexity index is 347. The van der Waals surface area contributed by atoms with Gasteiger partial charge in [0.25, 0.3) is 0 Å². The molecular formula is C12H14Cl3NO. The van der Waals surface area contributed by atoms with Gasteiger partial charge in [0.1, 0.15) is 0 Å². The van der Waals surface area contributed by atoms with Crippen molar-refractivity contribution in [1.29, 1.82) is 0 Å². The van der Waals surface area contributed by atoms with Crippen molar-refractivity contribution in [2.24, 2.45) is 0 Å². The zero-order chi connectivity index (χ0) is 12.3. The van der Waals surface area contributed by atoms with Crippen LogP contribution in [-0.2, 0) is 4.74 Å². The Hall–Kier alpha value is 0.01000. The Kier molecular flexibility index (Phi) is 4.56. The molecule has 1 atom stereocenters. The Morgan fingerprint density at radius 2 is 1.65 bits per heavy atom. The van der Waals surface area contributed by atoms with Gasteiger partial charge in [-0.25, -0.2) is 0 Å². The predicted octanol–water partition coefficient (Wildman–Crippen LogP) is 3.43. The third kappa shape index (κ3) is 3.49. The average molecular weight is 295 g/mol. The first-order valence-corrected chi connectivity index (χ1v) is 6.66. The fraction of sp³-hybridized carbons (Fsp3) is 0.500. The minimum atomic E-state index is -1.33. The van der Waals surface area contributed by atoms with Gasteiger partial charge in [-0.3, -0.25) is 4.90 Å². The minimum absolute atomic E-state index is 0.224. The predicted molar refractivity (Wildman–Crippen MR) is 71.9 cm³/mol. The number of rotatable bonds is 2. The van der Waals surface area contributed by atoms with Crippen LogP contribution < -0.4 is 0 Å². The number of halogens is 3. The van der Waals surface area contributed by atoms with Gasteiger partial charge in [-0.1, -0.05) is 65.1 Å². The van der Waals surface area contributed by atoms with E-state index in [1.165, 1.54) is 0 Å². The molecule has 0 saturated carbocycles. The van der Waals surface area contributed by atoms with Crippen LogP contribution in [0, 0.1) is 0 Å². The van der Waals surface area contributed by atoms with Crippen LogP contribution in [0.3, 0.4) is 0 Å². The van der Waals surface area contributed by atoms with Crippen LogP contribution in [0.15, 0.2) is 30.3 Å². The third-order valence-corrected chi connectivity index (χ3v) is 3.46. The second kappa shape index (κ2) is 5.77. The highest BCUT2D eigenvalue weighted by molar-refractivity contribution is 6.68. The summed E-state index contributed by atoms with van der Waals surface area (Å²) in [5.41, 5.74) is 1.02. The molecule has 1 heterocycles. The third-order valence-electron chi connectivity index (χ3n) is 2.84. The van der Waals surface area contributed by atoms with E-state index in [9.17, 15) is 0 Å². The molecule has 0 spiro atoms. The van der Waals surface area contributed by atoms with E-state index in [4.69, 9.17) is 39.5 Å². The molecule has 1 aliphatic rings. The van der Waals surface area contributed by atoms with E-state index in [0.717, 1.165) is 18.7 Å². The molecule has 0 N–H and O–H groups in total. The summed E-state index contributed by atoms with van der Waals surface area (Å²) in [5.74, 6) is 0. The highest BCUT2D eigenvalue weighted by atomic mass is 35.6. The van der Waals surface area contributed by atoms with Crippen molar-refractivity contribution < 1.29 is 4.74 Å². The number of morpholine rings is 1. The van der Waals surface area contributed by atoms with Crippen molar-refractivity contribution in [3.8, 4) is 0 Å². The maximum atomic E-state index is 6.12. The number of hydrogen-bond donors (Lipinski definition) is 0. The molecule has 2 nitrogen and oxygen atoms in total. The molecule has 1 saturated heterocycles. The maximum Gasteiger partial charge on any atom is 0.209 e. The van der Waals surface area contributed by atoms with E-state index >= 15 is 0 Å². The van der Waals surface area contributed by atoms with Crippen LogP contribution in [0.5, 0.6) is 0 Å². The number of nitrogens with zero attached hydrogens (tertiary/aromatic N) is 1. The molecule has 1 aromatic carbocycles. The lowest BCUT2D eigenvalue weighted by Gasteiger charge is -2.38. The quantitative estimate of drug-likeness (QED) is 0.775. The molecule has 0 aliphatic carbocycles. The molecule has 2 rings (SSSR count). The zero-order valence-electron chi connectivity index (χ0n) is 9.28. The highest BCUT2D eigenvalue weighted by Gasteiger charge is 2.38. The fourth-order valence-electron chi connectivity index (χ4n) is 2.08. The second-order valence-electron chi connectivity index (χ2n) is 4.00. The van der Waals surface area contributed by atoms with Crippen molar-refractivity contribution in [1.82, 2.24) is 4.90 Å². The van der Waals surface area contributed by atoms with Crippen LogP contribution in [0.4, 0.5) is 0 Å². The van der Waals surface area contributed by atoms with Gasteiger partial charge >= 0.3 is 0 Å². The van der Waals surface area contributed by atoms with Gasteiger partial charge in [0.15, 0.2) is 0 Å². The first-order valence-electron chi connectivity index (χ1n) is 5.52. The number of alkyl halides is 3. The fourth-order valence-corrected chi connectivity index (χ4v) is 2.87. The van der Waals surface area contributed by atoms with Crippen LogP contribution >= 0.6 is 34.8 Å². The molecule has 0 bridgehead atoms. The lowest BCUT2D eigenvalue weighted by atomic mass is 10.1. The van der Waals surface area contributed by atoms with Gasteiger partial charge in [-0.2, -0.15) is 0 Å². The second-order valence-corrected chi connectivity index (χ2v) is 6.37. The Morgan fingerprint density at radius 3 is 2.18 bits per heavy atom. The average Bonchev–Trinajstić information content (AvgIpc) is 2.30. The molecule has 0 radical (unpaired) electrons. The van der Waals surface area contributed by atoms with E-state index in [1.807, 2.05) is 30.3 Å². The van der Waals surface area contributed by atoms with E-state index in [2.05, 4.69) is 4.90 Å². The Labute approximate surface area is 116 Å². The van der Waals surface area contributed by atoms with E-state index in [1.54, 1.807) is 0 Å². The summed E-state index contributed by atoms with van der Waals surface area (Å²) < 4.78 is 3.99. The van der Waals surface area contributed by atoms with E-state index in [0.29, 0.717) is 13.2 Å². The topological polar surface area (TPSA) is 12.5 Å². The Morgan fingerprint density at radius 1 is 1.06 bits per heavy atom. The summed E-state index contributed by atoms with van der Waals surface area (Å²) in [4.78, 5) is 2.16. The van der Waals surface area contributed by atoms with Gasteiger partial charge in [0.2, 0.25) is 3.79 Å².